The number of nitriles is 2. The van der Waals surface area contributed by atoms with Crippen molar-refractivity contribution >= 4 is 5.84 Å². The summed E-state index contributed by atoms with van der Waals surface area (Å²) in [5, 5.41) is 20.3. The van der Waals surface area contributed by atoms with Crippen molar-refractivity contribution < 1.29 is 23.7 Å². The Bertz CT molecular complexity index is 941. The summed E-state index contributed by atoms with van der Waals surface area (Å²) >= 11 is 0. The van der Waals surface area contributed by atoms with Gasteiger partial charge in [0.1, 0.15) is 11.3 Å². The molecule has 2 aliphatic heterocycles. The van der Waals surface area contributed by atoms with Gasteiger partial charge >= 0.3 is 0 Å². The first kappa shape index (κ1) is 18.4. The molecular formula is C19H20N4O5. The van der Waals surface area contributed by atoms with Crippen LogP contribution in [-0.4, -0.2) is 45.8 Å². The summed E-state index contributed by atoms with van der Waals surface area (Å²) in [4.78, 5) is 4.30. The lowest BCUT2D eigenvalue weighted by Gasteiger charge is -2.26. The number of hydrogen-bond donors (Lipinski definition) is 1. The molecule has 0 amide bonds. The summed E-state index contributed by atoms with van der Waals surface area (Å²) in [5.74, 6) is -0.972. The number of aliphatic imine (C=N–C) groups is 1. The van der Waals surface area contributed by atoms with E-state index in [0.717, 1.165) is 0 Å². The molecule has 2 fully saturated rings. The van der Waals surface area contributed by atoms with Crippen molar-refractivity contribution in [1.29, 1.82) is 10.5 Å². The molecule has 5 unspecified atom stereocenters. The largest absolute Gasteiger partial charge is 0.493 e. The fraction of sp³-hybridized carbons (Fsp3) is 0.526. The molecule has 4 rings (SSSR count). The average Bonchev–Trinajstić information content (AvgIpc) is 3.10. The van der Waals surface area contributed by atoms with E-state index in [1.54, 1.807) is 12.1 Å². The minimum Gasteiger partial charge on any atom is -0.493 e. The van der Waals surface area contributed by atoms with Gasteiger partial charge in [-0.1, -0.05) is 0 Å². The number of hydrogen-bond acceptors (Lipinski definition) is 9. The smallest absolute Gasteiger partial charge is 0.293 e. The van der Waals surface area contributed by atoms with Crippen molar-refractivity contribution in [3.05, 3.63) is 17.7 Å². The molecule has 1 aromatic carbocycles. The third kappa shape index (κ3) is 1.78. The molecule has 9 heteroatoms. The molecule has 0 aromatic heterocycles. The Labute approximate surface area is 162 Å². The molecule has 2 heterocycles. The average molecular weight is 384 g/mol. The maximum atomic E-state index is 10.2. The lowest BCUT2D eigenvalue weighted by Crippen LogP contribution is -2.39. The SMILES string of the molecule is COc1cc(C2C3(C#N)C(N)=NC4(OCC(C)O4)C23C#N)cc(OC)c1OC. The Morgan fingerprint density at radius 2 is 1.79 bits per heavy atom. The van der Waals surface area contributed by atoms with Gasteiger partial charge in [-0.05, 0) is 24.6 Å². The molecule has 1 aromatic rings. The van der Waals surface area contributed by atoms with Crippen LogP contribution in [-0.2, 0) is 9.47 Å². The predicted molar refractivity (Wildman–Crippen MR) is 95.8 cm³/mol. The molecule has 1 saturated heterocycles. The Balaban J connectivity index is 1.92. The van der Waals surface area contributed by atoms with Crippen LogP contribution in [0.4, 0.5) is 0 Å². The summed E-state index contributed by atoms with van der Waals surface area (Å²) in [6, 6.07) is 7.91. The highest BCUT2D eigenvalue weighted by atomic mass is 16.8. The van der Waals surface area contributed by atoms with Gasteiger partial charge in [0.2, 0.25) is 5.75 Å². The lowest BCUT2D eigenvalue weighted by molar-refractivity contribution is -0.193. The van der Waals surface area contributed by atoms with Gasteiger partial charge in [0.15, 0.2) is 16.9 Å². The second-order valence-electron chi connectivity index (χ2n) is 7.05. The molecule has 9 nitrogen and oxygen atoms in total. The van der Waals surface area contributed by atoms with Crippen LogP contribution in [0.2, 0.25) is 0 Å². The van der Waals surface area contributed by atoms with E-state index < -0.39 is 22.7 Å². The number of methoxy groups -OCH3 is 3. The molecule has 0 bridgehead atoms. The molecule has 1 spiro atoms. The molecule has 1 aliphatic carbocycles. The highest BCUT2D eigenvalue weighted by Crippen LogP contribution is 2.82. The van der Waals surface area contributed by atoms with Gasteiger partial charge in [0.25, 0.3) is 5.91 Å². The summed E-state index contributed by atoms with van der Waals surface area (Å²) in [5.41, 5.74) is 4.03. The van der Waals surface area contributed by atoms with Gasteiger partial charge in [0, 0.05) is 5.92 Å². The fourth-order valence-electron chi connectivity index (χ4n) is 4.63. The van der Waals surface area contributed by atoms with Gasteiger partial charge in [-0.25, -0.2) is 4.99 Å². The van der Waals surface area contributed by atoms with Crippen LogP contribution < -0.4 is 19.9 Å². The normalized spacial score (nSPS) is 37.6. The van der Waals surface area contributed by atoms with E-state index in [4.69, 9.17) is 29.4 Å². The third-order valence-corrected chi connectivity index (χ3v) is 5.82. The Morgan fingerprint density at radius 1 is 1.14 bits per heavy atom. The summed E-state index contributed by atoms with van der Waals surface area (Å²) in [6.45, 7) is 2.07. The summed E-state index contributed by atoms with van der Waals surface area (Å²) in [7, 11) is 4.49. The standard InChI is InChI=1S/C19H20N4O5/c1-10-7-27-19(28-10)18(9-21)15(17(18,8-20)16(22)23-19)11-5-12(24-2)14(26-4)13(6-11)25-3/h5-6,10,15H,7H2,1-4H3,(H2,22,23). The molecule has 28 heavy (non-hydrogen) atoms. The second-order valence-corrected chi connectivity index (χ2v) is 7.05. The van der Waals surface area contributed by atoms with Crippen molar-refractivity contribution in [1.82, 2.24) is 0 Å². The number of nitrogens with zero attached hydrogens (tertiary/aromatic N) is 3. The first-order valence-electron chi connectivity index (χ1n) is 8.71. The van der Waals surface area contributed by atoms with Crippen LogP contribution in [0.3, 0.4) is 0 Å². The van der Waals surface area contributed by atoms with E-state index in [-0.39, 0.29) is 18.5 Å². The predicted octanol–water partition coefficient (Wildman–Crippen LogP) is 1.29. The van der Waals surface area contributed by atoms with Crippen LogP contribution in [0.25, 0.3) is 0 Å². The number of rotatable bonds is 4. The third-order valence-electron chi connectivity index (χ3n) is 5.82. The first-order chi connectivity index (χ1) is 13.4. The van der Waals surface area contributed by atoms with Gasteiger partial charge in [-0.3, -0.25) is 0 Å². The van der Waals surface area contributed by atoms with Crippen LogP contribution in [0.15, 0.2) is 17.1 Å². The molecule has 1 saturated carbocycles. The topological polar surface area (TPSA) is 132 Å². The maximum Gasteiger partial charge on any atom is 0.293 e. The molecular weight excluding hydrogens is 364 g/mol. The number of amidine groups is 1. The minimum atomic E-state index is -1.61. The zero-order chi connectivity index (χ0) is 20.3. The minimum absolute atomic E-state index is 0.0319. The zero-order valence-electron chi connectivity index (χ0n) is 16.0. The van der Waals surface area contributed by atoms with Crippen molar-refractivity contribution in [3.8, 4) is 29.4 Å². The monoisotopic (exact) mass is 384 g/mol. The van der Waals surface area contributed by atoms with Crippen molar-refractivity contribution in [2.24, 2.45) is 21.6 Å². The van der Waals surface area contributed by atoms with Gasteiger partial charge in [-0.15, -0.1) is 0 Å². The fourth-order valence-corrected chi connectivity index (χ4v) is 4.63. The van der Waals surface area contributed by atoms with Crippen molar-refractivity contribution in [2.75, 3.05) is 27.9 Å². The number of fused-ring (bicyclic) bond motifs is 2. The Morgan fingerprint density at radius 3 is 2.21 bits per heavy atom. The van der Waals surface area contributed by atoms with Crippen LogP contribution in [0.1, 0.15) is 18.4 Å². The van der Waals surface area contributed by atoms with Crippen molar-refractivity contribution in [3.63, 3.8) is 0 Å². The van der Waals surface area contributed by atoms with E-state index >= 15 is 0 Å². The van der Waals surface area contributed by atoms with Crippen LogP contribution in [0.5, 0.6) is 17.2 Å². The number of ether oxygens (including phenoxy) is 5. The lowest BCUT2D eigenvalue weighted by atomic mass is 9.93. The van der Waals surface area contributed by atoms with Gasteiger partial charge in [-0.2, -0.15) is 10.5 Å². The molecule has 2 N–H and O–H groups in total. The van der Waals surface area contributed by atoms with Crippen LogP contribution in [0, 0.1) is 33.5 Å². The molecule has 3 aliphatic rings. The highest BCUT2D eigenvalue weighted by molar-refractivity contribution is 6.00. The number of nitrogens with two attached hydrogens (primary N) is 1. The van der Waals surface area contributed by atoms with E-state index in [9.17, 15) is 10.5 Å². The zero-order valence-corrected chi connectivity index (χ0v) is 16.0. The summed E-state index contributed by atoms with van der Waals surface area (Å²) < 4.78 is 27.9. The molecule has 5 atom stereocenters. The second kappa shape index (κ2) is 5.74. The molecule has 146 valence electrons. The maximum absolute atomic E-state index is 10.2. The van der Waals surface area contributed by atoms with E-state index in [1.807, 2.05) is 6.92 Å². The molecule has 0 radical (unpaired) electrons. The van der Waals surface area contributed by atoms with Gasteiger partial charge in [0.05, 0.1) is 46.2 Å². The number of benzene rings is 1. The summed E-state index contributed by atoms with van der Waals surface area (Å²) in [6.07, 6.45) is -0.280. The Kier molecular flexibility index (Phi) is 3.76. The Hall–Kier alpha value is -3.01. The van der Waals surface area contributed by atoms with Crippen LogP contribution >= 0.6 is 0 Å². The first-order valence-corrected chi connectivity index (χ1v) is 8.71. The quantitative estimate of drug-likeness (QED) is 0.821. The van der Waals surface area contributed by atoms with E-state index in [1.165, 1.54) is 21.3 Å². The van der Waals surface area contributed by atoms with Crippen molar-refractivity contribution in [2.45, 2.75) is 24.9 Å². The van der Waals surface area contributed by atoms with Gasteiger partial charge < -0.3 is 29.4 Å². The van der Waals surface area contributed by atoms with E-state index in [2.05, 4.69) is 17.1 Å². The highest BCUT2D eigenvalue weighted by Gasteiger charge is 2.94. The van der Waals surface area contributed by atoms with E-state index in [0.29, 0.717) is 22.8 Å².